The Morgan fingerprint density at radius 2 is 2.44 bits per heavy atom. The molecule has 0 saturated heterocycles. The molecule has 1 aliphatic carbocycles. The van der Waals surface area contributed by atoms with E-state index in [9.17, 15) is 4.79 Å². The molecule has 5 heteroatoms. The molecule has 0 aliphatic heterocycles. The Balaban J connectivity index is 2.39. The van der Waals surface area contributed by atoms with Gasteiger partial charge in [0.1, 0.15) is 0 Å². The summed E-state index contributed by atoms with van der Waals surface area (Å²) in [4.78, 5) is 11.8. The molecular formula is C11H20N2O3. The number of hydrogen-bond donors (Lipinski definition) is 3. The van der Waals surface area contributed by atoms with Gasteiger partial charge < -0.3 is 20.9 Å². The molecule has 0 radical (unpaired) electrons. The van der Waals surface area contributed by atoms with Crippen LogP contribution in [0.25, 0.3) is 0 Å². The van der Waals surface area contributed by atoms with Gasteiger partial charge in [-0.25, -0.2) is 0 Å². The van der Waals surface area contributed by atoms with E-state index in [1.165, 1.54) is 0 Å². The molecule has 3 unspecified atom stereocenters. The van der Waals surface area contributed by atoms with Crippen molar-refractivity contribution in [2.75, 3.05) is 20.3 Å². The summed E-state index contributed by atoms with van der Waals surface area (Å²) in [7, 11) is 1.57. The van der Waals surface area contributed by atoms with Crippen molar-refractivity contribution in [3.05, 3.63) is 12.2 Å². The Kier molecular flexibility index (Phi) is 5.45. The van der Waals surface area contributed by atoms with Crippen LogP contribution in [0.1, 0.15) is 12.8 Å². The second-order valence-electron chi connectivity index (χ2n) is 4.06. The Morgan fingerprint density at radius 3 is 2.94 bits per heavy atom. The number of ether oxygens (including phenoxy) is 1. The van der Waals surface area contributed by atoms with Gasteiger partial charge >= 0.3 is 0 Å². The molecule has 0 bridgehead atoms. The molecule has 0 fully saturated rings. The molecule has 4 N–H and O–H groups in total. The molecule has 1 aliphatic rings. The zero-order chi connectivity index (χ0) is 12.0. The lowest BCUT2D eigenvalue weighted by molar-refractivity contribution is -0.124. The number of hydrogen-bond acceptors (Lipinski definition) is 4. The van der Waals surface area contributed by atoms with Crippen LogP contribution in [0.15, 0.2) is 12.2 Å². The number of rotatable bonds is 6. The van der Waals surface area contributed by atoms with Gasteiger partial charge in [-0.3, -0.25) is 4.79 Å². The largest absolute Gasteiger partial charge is 0.396 e. The van der Waals surface area contributed by atoms with E-state index in [2.05, 4.69) is 5.32 Å². The average Bonchev–Trinajstić information content (AvgIpc) is 2.65. The second kappa shape index (κ2) is 6.62. The van der Waals surface area contributed by atoms with Crippen LogP contribution in [0.3, 0.4) is 0 Å². The third-order valence-electron chi connectivity index (χ3n) is 2.65. The maximum Gasteiger partial charge on any atom is 0.227 e. The first kappa shape index (κ1) is 13.2. The molecule has 0 heterocycles. The van der Waals surface area contributed by atoms with Crippen molar-refractivity contribution in [1.82, 2.24) is 5.32 Å². The molecule has 1 amide bonds. The van der Waals surface area contributed by atoms with Gasteiger partial charge in [-0.2, -0.15) is 0 Å². The molecule has 3 atom stereocenters. The van der Waals surface area contributed by atoms with Gasteiger partial charge in [0.25, 0.3) is 0 Å². The number of aliphatic hydroxyl groups excluding tert-OH is 1. The van der Waals surface area contributed by atoms with Gasteiger partial charge in [0.2, 0.25) is 5.91 Å². The van der Waals surface area contributed by atoms with Gasteiger partial charge in [0.05, 0.1) is 18.6 Å². The summed E-state index contributed by atoms with van der Waals surface area (Å²) >= 11 is 0. The summed E-state index contributed by atoms with van der Waals surface area (Å²) in [6.07, 6.45) is 4.84. The van der Waals surface area contributed by atoms with Crippen LogP contribution in [0.5, 0.6) is 0 Å². The van der Waals surface area contributed by atoms with Gasteiger partial charge in [-0.1, -0.05) is 12.2 Å². The first-order chi connectivity index (χ1) is 7.67. The van der Waals surface area contributed by atoms with Gasteiger partial charge in [-0.15, -0.1) is 0 Å². The minimum Gasteiger partial charge on any atom is -0.396 e. The molecule has 0 spiro atoms. The van der Waals surface area contributed by atoms with Crippen molar-refractivity contribution in [3.63, 3.8) is 0 Å². The number of nitrogens with one attached hydrogen (secondary N) is 1. The second-order valence-corrected chi connectivity index (χ2v) is 4.06. The third kappa shape index (κ3) is 3.92. The number of nitrogens with two attached hydrogens (primary N) is 1. The van der Waals surface area contributed by atoms with E-state index in [-0.39, 0.29) is 30.5 Å². The topological polar surface area (TPSA) is 84.6 Å². The molecular weight excluding hydrogens is 208 g/mol. The molecule has 0 aromatic heterocycles. The fourth-order valence-electron chi connectivity index (χ4n) is 1.78. The van der Waals surface area contributed by atoms with E-state index < -0.39 is 0 Å². The van der Waals surface area contributed by atoms with E-state index in [4.69, 9.17) is 15.6 Å². The SMILES string of the molecule is COCC(CCO)NC(=O)C1C=CC(N)C1. The maximum atomic E-state index is 11.8. The normalized spacial score (nSPS) is 25.7. The lowest BCUT2D eigenvalue weighted by atomic mass is 10.1. The predicted molar refractivity (Wildman–Crippen MR) is 60.7 cm³/mol. The van der Waals surface area contributed by atoms with Crippen molar-refractivity contribution in [2.45, 2.75) is 24.9 Å². The summed E-state index contributed by atoms with van der Waals surface area (Å²) in [5.41, 5.74) is 5.68. The number of amides is 1. The quantitative estimate of drug-likeness (QED) is 0.530. The van der Waals surface area contributed by atoms with E-state index in [0.717, 1.165) is 0 Å². The zero-order valence-electron chi connectivity index (χ0n) is 9.56. The predicted octanol–water partition coefficient (Wildman–Crippen LogP) is -0.597. The van der Waals surface area contributed by atoms with Crippen LogP contribution in [0.2, 0.25) is 0 Å². The lowest BCUT2D eigenvalue weighted by Crippen LogP contribution is -2.41. The van der Waals surface area contributed by atoms with Crippen LogP contribution in [-0.2, 0) is 9.53 Å². The smallest absolute Gasteiger partial charge is 0.227 e. The number of carbonyl (C=O) groups excluding carboxylic acids is 1. The zero-order valence-corrected chi connectivity index (χ0v) is 9.56. The molecule has 0 saturated carbocycles. The number of aliphatic hydroxyl groups is 1. The Morgan fingerprint density at radius 1 is 1.69 bits per heavy atom. The van der Waals surface area contributed by atoms with Crippen molar-refractivity contribution >= 4 is 5.91 Å². The highest BCUT2D eigenvalue weighted by Crippen LogP contribution is 2.16. The van der Waals surface area contributed by atoms with Crippen LogP contribution >= 0.6 is 0 Å². The van der Waals surface area contributed by atoms with E-state index in [1.807, 2.05) is 12.2 Å². The van der Waals surface area contributed by atoms with Crippen LogP contribution < -0.4 is 11.1 Å². The van der Waals surface area contributed by atoms with Gasteiger partial charge in [0.15, 0.2) is 0 Å². The van der Waals surface area contributed by atoms with Crippen molar-refractivity contribution in [1.29, 1.82) is 0 Å². The lowest BCUT2D eigenvalue weighted by Gasteiger charge is -2.19. The summed E-state index contributed by atoms with van der Waals surface area (Å²) < 4.78 is 4.97. The highest BCUT2D eigenvalue weighted by atomic mass is 16.5. The third-order valence-corrected chi connectivity index (χ3v) is 2.65. The fourth-order valence-corrected chi connectivity index (χ4v) is 1.78. The van der Waals surface area contributed by atoms with E-state index in [1.54, 1.807) is 7.11 Å². The standard InChI is InChI=1S/C11H20N2O3/c1-16-7-10(4-5-14)13-11(15)8-2-3-9(12)6-8/h2-3,8-10,14H,4-7,12H2,1H3,(H,13,15). The van der Waals surface area contributed by atoms with Crippen molar-refractivity contribution in [2.24, 2.45) is 11.7 Å². The monoisotopic (exact) mass is 228 g/mol. The minimum absolute atomic E-state index is 0.0190. The molecule has 5 nitrogen and oxygen atoms in total. The number of methoxy groups -OCH3 is 1. The first-order valence-corrected chi connectivity index (χ1v) is 5.51. The highest BCUT2D eigenvalue weighted by Gasteiger charge is 2.24. The van der Waals surface area contributed by atoms with E-state index in [0.29, 0.717) is 19.4 Å². The fraction of sp³-hybridized carbons (Fsp3) is 0.727. The van der Waals surface area contributed by atoms with E-state index >= 15 is 0 Å². The van der Waals surface area contributed by atoms with Gasteiger partial charge in [-0.05, 0) is 12.8 Å². The molecule has 92 valence electrons. The highest BCUT2D eigenvalue weighted by molar-refractivity contribution is 5.81. The van der Waals surface area contributed by atoms with Crippen molar-refractivity contribution < 1.29 is 14.6 Å². The Bertz CT molecular complexity index is 250. The van der Waals surface area contributed by atoms with Crippen LogP contribution in [0, 0.1) is 5.92 Å². The molecule has 0 aromatic carbocycles. The molecule has 0 aromatic rings. The Labute approximate surface area is 95.7 Å². The first-order valence-electron chi connectivity index (χ1n) is 5.51. The summed E-state index contributed by atoms with van der Waals surface area (Å²) in [6, 6.07) is -0.151. The summed E-state index contributed by atoms with van der Waals surface area (Å²) in [5, 5.41) is 11.7. The van der Waals surface area contributed by atoms with Crippen LogP contribution in [-0.4, -0.2) is 43.4 Å². The van der Waals surface area contributed by atoms with Crippen LogP contribution in [0.4, 0.5) is 0 Å². The average molecular weight is 228 g/mol. The summed E-state index contributed by atoms with van der Waals surface area (Å²) in [6.45, 7) is 0.448. The summed E-state index contributed by atoms with van der Waals surface area (Å²) in [5.74, 6) is -0.187. The number of carbonyl (C=O) groups is 1. The Hall–Kier alpha value is -0.910. The maximum absolute atomic E-state index is 11.8. The van der Waals surface area contributed by atoms with Gasteiger partial charge in [0, 0.05) is 19.8 Å². The molecule has 1 rings (SSSR count). The minimum atomic E-state index is -0.145. The molecule has 16 heavy (non-hydrogen) atoms. The van der Waals surface area contributed by atoms with Crippen molar-refractivity contribution in [3.8, 4) is 0 Å².